The van der Waals surface area contributed by atoms with Crippen molar-refractivity contribution in [2.45, 2.75) is 38.1 Å². The van der Waals surface area contributed by atoms with E-state index in [1.54, 1.807) is 0 Å². The Balaban J connectivity index is 0.964. The normalized spacial score (nSPS) is 11.8. The number of hydrogen-bond acceptors (Lipinski definition) is 9. The number of rotatable bonds is 27. The van der Waals surface area contributed by atoms with Crippen LogP contribution in [-0.2, 0) is 19.8 Å². The van der Waals surface area contributed by atoms with E-state index in [0.29, 0.717) is 36.8 Å². The molecule has 12 nitrogen and oxygen atoms in total. The van der Waals surface area contributed by atoms with Crippen LogP contribution in [0.2, 0.25) is 0 Å². The molecule has 58 heteroatoms. The zero-order chi connectivity index (χ0) is 104. The Labute approximate surface area is 750 Å². The molecule has 0 aliphatic heterocycles. The second-order valence-electron chi connectivity index (χ2n) is 28.5. The first-order valence-corrected chi connectivity index (χ1v) is 37.1. The van der Waals surface area contributed by atoms with E-state index < -0.39 is 425 Å². The van der Waals surface area contributed by atoms with Crippen molar-refractivity contribution in [3.8, 4) is 34.5 Å². The van der Waals surface area contributed by atoms with Gasteiger partial charge in [0, 0.05) is 52.9 Å². The molecule has 0 saturated carbocycles. The number of benzene rings is 12. The van der Waals surface area contributed by atoms with Crippen LogP contribution < -0.4 is 42.7 Å². The summed E-state index contributed by atoms with van der Waals surface area (Å²) in [6.45, 7) is -6.74. The first-order valence-electron chi connectivity index (χ1n) is 37.1. The number of hydrogen-bond donors (Lipinski definition) is 0. The van der Waals surface area contributed by atoms with Crippen LogP contribution in [0.3, 0.4) is 0 Å². The molecular formula is C84H21BF45N3O9. The minimum absolute atomic E-state index is 0.0326. The molecule has 3 aromatic heterocycles. The largest absolute Gasteiger partial charge is 0.926 e. The fraction of sp³-hybridized carbons (Fsp3) is 0.0714. The van der Waals surface area contributed by atoms with Gasteiger partial charge in [0.25, 0.3) is 0 Å². The van der Waals surface area contributed by atoms with Gasteiger partial charge in [-0.2, -0.15) is 0 Å². The van der Waals surface area contributed by atoms with Gasteiger partial charge in [-0.25, -0.2) is 212 Å². The number of ether oxygens (including phenoxy) is 6. The van der Waals surface area contributed by atoms with E-state index in [0.717, 1.165) is 0 Å². The van der Waals surface area contributed by atoms with Crippen LogP contribution in [-0.4, -0.2) is 21.5 Å². The average Bonchev–Trinajstić information content (AvgIpc) is 0.889. The van der Waals surface area contributed by atoms with Crippen molar-refractivity contribution in [2.75, 3.05) is 0 Å². The quantitative estimate of drug-likeness (QED) is 0.0216. The lowest BCUT2D eigenvalue weighted by atomic mass is 9.97. The molecule has 744 valence electrons. The first-order chi connectivity index (χ1) is 66.7. The second kappa shape index (κ2) is 37.5. The Bertz CT molecular complexity index is 6710. The summed E-state index contributed by atoms with van der Waals surface area (Å²) in [5, 5.41) is -2.87. The highest BCUT2D eigenvalue weighted by Crippen LogP contribution is 2.50. The van der Waals surface area contributed by atoms with Gasteiger partial charge >= 0.3 is 7.32 Å². The van der Waals surface area contributed by atoms with Gasteiger partial charge in [0.15, 0.2) is 262 Å². The Kier molecular flexibility index (Phi) is 26.6. The average molecular weight is 2080 g/mol. The highest BCUT2D eigenvalue weighted by molar-refractivity contribution is 6.37. The minimum Gasteiger partial charge on any atom is -0.485 e. The maximum atomic E-state index is 16.1. The molecule has 0 fully saturated rings. The number of halogens is 45. The summed E-state index contributed by atoms with van der Waals surface area (Å²) >= 11 is 0. The van der Waals surface area contributed by atoms with Gasteiger partial charge in [0.2, 0.25) is 52.4 Å². The molecule has 3 heterocycles. The summed E-state index contributed by atoms with van der Waals surface area (Å²) in [5.41, 5.74) is -26.4. The number of nitrogens with zero attached hydrogens (tertiary/aromatic N) is 3. The number of aromatic nitrogens is 3. The molecule has 15 aromatic rings. The van der Waals surface area contributed by atoms with Crippen molar-refractivity contribution >= 4 is 40.0 Å². The standard InChI is InChI=1S/C84H21BF45N3O9/c86-37-19(38(87)56(105)73(122)55(37)104)13-134-25-10-22-16(7-28(25)137-82(31-43(92)61(110)76(125)62(111)44(31)93)32-45(94)63(112)77(126)64(113)46(32)95)1-4-131(22)140-85(141-132-5-2-17-8-29(26(11-23(17)132)135-14-20-39(88)57(106)74(123)58(107)40(20)89)138-83(33-47(96)65(114)78(127)66(115)48(33)97)34-49(98)67(116)79(128)68(117)50(34)99)142-133-6-3-18-9-30(27(12-24(18)133)136-15-21-41(90)59(108)75(124)60(109)42(21)91)139-84(35-51(100)69(118)80(129)70(119)52(35)101)36-53(102)71(120)81(130)72(121)54(36)103/h1-12,82-84H,13-15H2. The molecule has 0 radical (unpaired) electrons. The zero-order valence-corrected chi connectivity index (χ0v) is 66.4. The van der Waals surface area contributed by atoms with E-state index in [1.165, 1.54) is 0 Å². The van der Waals surface area contributed by atoms with Crippen molar-refractivity contribution in [1.82, 2.24) is 14.2 Å². The van der Waals surface area contributed by atoms with Crippen molar-refractivity contribution in [3.63, 3.8) is 0 Å². The lowest BCUT2D eigenvalue weighted by molar-refractivity contribution is 0.0792. The third kappa shape index (κ3) is 16.5. The Morgan fingerprint density at radius 1 is 0.176 bits per heavy atom. The summed E-state index contributed by atoms with van der Waals surface area (Å²) < 4.78 is 739. The molecule has 142 heavy (non-hydrogen) atoms. The smallest absolute Gasteiger partial charge is 0.485 e. The fourth-order valence-electron chi connectivity index (χ4n) is 13.6. The molecule has 0 atom stereocenters. The molecule has 0 aliphatic carbocycles. The van der Waals surface area contributed by atoms with E-state index in [2.05, 4.69) is 0 Å². The van der Waals surface area contributed by atoms with Gasteiger partial charge in [-0.05, 0) is 36.4 Å². The van der Waals surface area contributed by atoms with Crippen molar-refractivity contribution < 1.29 is 240 Å². The summed E-state index contributed by atoms with van der Waals surface area (Å²) in [5.74, 6) is -150. The summed E-state index contributed by atoms with van der Waals surface area (Å²) in [6, 6.07) is 2.15. The van der Waals surface area contributed by atoms with Gasteiger partial charge in [0.05, 0.1) is 66.6 Å². The van der Waals surface area contributed by atoms with E-state index in [-0.39, 0.29) is 50.6 Å². The van der Waals surface area contributed by atoms with Crippen LogP contribution in [0.15, 0.2) is 73.2 Å². The van der Waals surface area contributed by atoms with Gasteiger partial charge in [-0.1, -0.05) is 0 Å². The van der Waals surface area contributed by atoms with Gasteiger partial charge in [-0.3, -0.25) is 0 Å². The Hall–Kier alpha value is -15.6. The minimum atomic E-state index is -4.09. The van der Waals surface area contributed by atoms with Crippen molar-refractivity contribution in [3.05, 3.63) is 385 Å². The molecular weight excluding hydrogens is 2060 g/mol. The molecule has 0 bridgehead atoms. The van der Waals surface area contributed by atoms with Crippen LogP contribution in [0.25, 0.3) is 32.7 Å². The summed E-state index contributed by atoms with van der Waals surface area (Å²) in [4.78, 5) is 0. The van der Waals surface area contributed by atoms with Gasteiger partial charge in [0.1, 0.15) is 19.8 Å². The van der Waals surface area contributed by atoms with Crippen LogP contribution in [0.5, 0.6) is 34.5 Å². The highest BCUT2D eigenvalue weighted by Gasteiger charge is 2.47. The predicted octanol–water partition coefficient (Wildman–Crippen LogP) is 24.7. The van der Waals surface area contributed by atoms with Crippen LogP contribution >= 0.6 is 0 Å². The summed E-state index contributed by atoms with van der Waals surface area (Å²) in [7, 11) is -3.36. The molecule has 0 N–H and O–H groups in total. The van der Waals surface area contributed by atoms with E-state index in [1.807, 2.05) is 0 Å². The third-order valence-electron chi connectivity index (χ3n) is 20.5. The van der Waals surface area contributed by atoms with Crippen molar-refractivity contribution in [1.29, 1.82) is 0 Å². The fourth-order valence-corrected chi connectivity index (χ4v) is 13.6. The Morgan fingerprint density at radius 2 is 0.317 bits per heavy atom. The van der Waals surface area contributed by atoms with Crippen molar-refractivity contribution in [2.24, 2.45) is 0 Å². The number of fused-ring (bicyclic) bond motifs is 3. The molecule has 0 amide bonds. The molecule has 0 spiro atoms. The maximum Gasteiger partial charge on any atom is 0.926 e. The lowest BCUT2D eigenvalue weighted by Crippen LogP contribution is -2.48. The third-order valence-corrected chi connectivity index (χ3v) is 20.5. The summed E-state index contributed by atoms with van der Waals surface area (Å²) in [6.07, 6.45) is -11.1. The van der Waals surface area contributed by atoms with E-state index >= 15 is 132 Å². The van der Waals surface area contributed by atoms with Gasteiger partial charge < -0.3 is 42.7 Å². The SMILES string of the molecule is Fc1c(F)c(F)c(COc2cc3c(ccn3OB(On3ccc4cc(OC(c5c(F)c(F)c(F)c(F)c5F)c5c(F)c(F)c(F)c(F)c5F)c(OCc5c(F)c(F)c(F)c(F)c5F)cc43)On3ccc4cc(OC(c5c(F)c(F)c(F)c(F)c5F)c5c(F)c(F)c(F)c(F)c5F)c(OCc5c(F)c(F)c(F)c(F)c5F)cc43)cc2OC(c2c(F)c(F)c(F)c(F)c2F)c2c(F)c(F)c(F)c(F)c2F)c(F)c1F. The van der Waals surface area contributed by atoms with Crippen LogP contribution in [0, 0.1) is 262 Å². The molecule has 0 aliphatic rings. The highest BCUT2D eigenvalue weighted by atomic mass is 19.2. The first kappa shape index (κ1) is 101. The topological polar surface area (TPSA) is 97.9 Å². The Morgan fingerprint density at radius 3 is 0.472 bits per heavy atom. The van der Waals surface area contributed by atoms with E-state index in [9.17, 15) is 65.9 Å². The molecule has 0 saturated heterocycles. The van der Waals surface area contributed by atoms with Crippen LogP contribution in [0.4, 0.5) is 198 Å². The predicted molar refractivity (Wildman–Crippen MR) is 378 cm³/mol. The maximum absolute atomic E-state index is 16.1. The second-order valence-corrected chi connectivity index (χ2v) is 28.5. The molecule has 15 rings (SSSR count). The molecule has 0 unspecified atom stereocenters. The molecule has 12 aromatic carbocycles. The van der Waals surface area contributed by atoms with Gasteiger partial charge in [-0.15, -0.1) is 0 Å². The monoisotopic (exact) mass is 2080 g/mol. The lowest BCUT2D eigenvalue weighted by Gasteiger charge is -2.25. The van der Waals surface area contributed by atoms with E-state index in [4.69, 9.17) is 42.7 Å². The van der Waals surface area contributed by atoms with Crippen LogP contribution in [0.1, 0.15) is 68.4 Å². The zero-order valence-electron chi connectivity index (χ0n) is 66.4.